The largest absolute Gasteiger partial charge is 0.477 e. The molecule has 10 heteroatoms. The molecule has 0 aromatic carbocycles. The summed E-state index contributed by atoms with van der Waals surface area (Å²) in [7, 11) is -4.33. The molecule has 0 aliphatic rings. The first-order chi connectivity index (χ1) is 7.62. The minimum Gasteiger partial charge on any atom is -0.477 e. The first kappa shape index (κ1) is 13.9. The first-order valence-corrected chi connectivity index (χ1v) is 6.36. The Morgan fingerprint density at radius 2 is 2.06 bits per heavy atom. The van der Waals surface area contributed by atoms with Crippen LogP contribution < -0.4 is 4.72 Å². The van der Waals surface area contributed by atoms with Crippen LogP contribution in [0.25, 0.3) is 0 Å². The Morgan fingerprint density at radius 3 is 2.47 bits per heavy atom. The van der Waals surface area contributed by atoms with Gasteiger partial charge in [0.05, 0.1) is 4.90 Å². The fourth-order valence-corrected chi connectivity index (χ4v) is 2.96. The highest BCUT2D eigenvalue weighted by molar-refractivity contribution is 7.89. The number of halogens is 3. The molecule has 0 aliphatic carbocycles. The van der Waals surface area contributed by atoms with E-state index in [2.05, 4.69) is 0 Å². The average molecular weight is 289 g/mol. The van der Waals surface area contributed by atoms with Gasteiger partial charge in [-0.05, 0) is 6.07 Å². The van der Waals surface area contributed by atoms with E-state index in [4.69, 9.17) is 5.11 Å². The lowest BCUT2D eigenvalue weighted by molar-refractivity contribution is -0.121. The van der Waals surface area contributed by atoms with Crippen LogP contribution >= 0.6 is 11.3 Å². The molecule has 0 aliphatic heterocycles. The normalized spacial score (nSPS) is 12.6. The van der Waals surface area contributed by atoms with Gasteiger partial charge >= 0.3 is 12.1 Å². The molecule has 0 fully saturated rings. The molecule has 1 aromatic heterocycles. The summed E-state index contributed by atoms with van der Waals surface area (Å²) in [5.41, 5.74) is 0. The van der Waals surface area contributed by atoms with Gasteiger partial charge in [-0.1, -0.05) is 0 Å². The van der Waals surface area contributed by atoms with Crippen LogP contribution in [0, 0.1) is 0 Å². The van der Waals surface area contributed by atoms with Crippen LogP contribution in [0.2, 0.25) is 0 Å². The topological polar surface area (TPSA) is 83.5 Å². The molecule has 0 spiro atoms. The number of alkyl halides is 3. The second kappa shape index (κ2) is 4.63. The number of nitrogens with one attached hydrogen (secondary N) is 1. The smallest absolute Gasteiger partial charge is 0.402 e. The molecule has 2 N–H and O–H groups in total. The number of hydrogen-bond donors (Lipinski definition) is 2. The molecule has 1 aromatic rings. The first-order valence-electron chi connectivity index (χ1n) is 4.00. The monoisotopic (exact) mass is 289 g/mol. The lowest BCUT2D eigenvalue weighted by atomic mass is 10.5. The lowest BCUT2D eigenvalue weighted by Gasteiger charge is -2.07. The fraction of sp³-hybridized carbons (Fsp3) is 0.286. The highest BCUT2D eigenvalue weighted by Crippen LogP contribution is 2.20. The number of carboxylic acid groups (broad SMARTS) is 1. The third kappa shape index (κ3) is 3.98. The van der Waals surface area contributed by atoms with Crippen molar-refractivity contribution in [3.05, 3.63) is 16.3 Å². The van der Waals surface area contributed by atoms with Crippen molar-refractivity contribution in [3.63, 3.8) is 0 Å². The third-order valence-electron chi connectivity index (χ3n) is 1.56. The van der Waals surface area contributed by atoms with Crippen LogP contribution in [-0.4, -0.2) is 32.2 Å². The second-order valence-electron chi connectivity index (χ2n) is 2.89. The van der Waals surface area contributed by atoms with Gasteiger partial charge in [0, 0.05) is 5.38 Å². The molecule has 0 bridgehead atoms. The third-order valence-corrected chi connectivity index (χ3v) is 4.01. The van der Waals surface area contributed by atoms with Crippen LogP contribution in [-0.2, 0) is 10.0 Å². The summed E-state index contributed by atoms with van der Waals surface area (Å²) in [5, 5.41) is 9.50. The van der Waals surface area contributed by atoms with Crippen molar-refractivity contribution in [1.82, 2.24) is 4.72 Å². The quantitative estimate of drug-likeness (QED) is 0.874. The Bertz CT molecular complexity index is 519. The molecule has 0 saturated carbocycles. The predicted molar refractivity (Wildman–Crippen MR) is 52.5 cm³/mol. The van der Waals surface area contributed by atoms with E-state index in [1.165, 1.54) is 4.72 Å². The van der Waals surface area contributed by atoms with Crippen molar-refractivity contribution >= 4 is 27.3 Å². The molecule has 17 heavy (non-hydrogen) atoms. The summed E-state index contributed by atoms with van der Waals surface area (Å²) in [6.45, 7) is -1.70. The minimum absolute atomic E-state index is 0.266. The summed E-state index contributed by atoms with van der Waals surface area (Å²) >= 11 is 0.618. The zero-order valence-corrected chi connectivity index (χ0v) is 9.62. The highest BCUT2D eigenvalue weighted by atomic mass is 32.2. The second-order valence-corrected chi connectivity index (χ2v) is 5.57. The molecule has 96 valence electrons. The van der Waals surface area contributed by atoms with Gasteiger partial charge in [0.25, 0.3) is 0 Å². The predicted octanol–water partition coefficient (Wildman–Crippen LogP) is 1.29. The number of carboxylic acids is 1. The van der Waals surface area contributed by atoms with Gasteiger partial charge in [-0.3, -0.25) is 0 Å². The van der Waals surface area contributed by atoms with E-state index in [0.29, 0.717) is 11.3 Å². The molecule has 0 atom stereocenters. The summed E-state index contributed by atoms with van der Waals surface area (Å²) < 4.78 is 59.4. The average Bonchev–Trinajstić information content (AvgIpc) is 2.63. The molecule has 1 heterocycles. The van der Waals surface area contributed by atoms with Crippen molar-refractivity contribution in [3.8, 4) is 0 Å². The van der Waals surface area contributed by atoms with Crippen molar-refractivity contribution < 1.29 is 31.5 Å². The van der Waals surface area contributed by atoms with Gasteiger partial charge < -0.3 is 5.11 Å². The van der Waals surface area contributed by atoms with Crippen LogP contribution in [0.3, 0.4) is 0 Å². The van der Waals surface area contributed by atoms with Gasteiger partial charge in [0.15, 0.2) is 0 Å². The van der Waals surface area contributed by atoms with E-state index in [1.54, 1.807) is 0 Å². The standard InChI is InChI=1S/C7H6F3NO4S2/c8-7(9,10)3-11-17(14,15)4-1-5(6(12)13)16-2-4/h1-2,11H,3H2,(H,12,13). The number of rotatable bonds is 4. The maximum atomic E-state index is 11.8. The summed E-state index contributed by atoms with van der Waals surface area (Å²) in [4.78, 5) is 9.71. The van der Waals surface area contributed by atoms with Crippen LogP contribution in [0.4, 0.5) is 13.2 Å². The number of carbonyl (C=O) groups is 1. The van der Waals surface area contributed by atoms with E-state index in [1.807, 2.05) is 0 Å². The molecular weight excluding hydrogens is 283 g/mol. The number of hydrogen-bond acceptors (Lipinski definition) is 4. The summed E-state index contributed by atoms with van der Waals surface area (Å²) in [6, 6.07) is 0.797. The fourth-order valence-electron chi connectivity index (χ4n) is 0.832. The summed E-state index contributed by atoms with van der Waals surface area (Å²) in [5.74, 6) is -1.34. The van der Waals surface area contributed by atoms with Crippen LogP contribution in [0.1, 0.15) is 9.67 Å². The Labute approximate surface area is 97.9 Å². The molecular formula is C7H6F3NO4S2. The van der Waals surface area contributed by atoms with Gasteiger partial charge in [0.2, 0.25) is 10.0 Å². The zero-order chi connectivity index (χ0) is 13.3. The Hall–Kier alpha value is -1.13. The molecule has 5 nitrogen and oxygen atoms in total. The zero-order valence-electron chi connectivity index (χ0n) is 7.98. The maximum Gasteiger partial charge on any atom is 0.402 e. The van der Waals surface area contributed by atoms with Crippen LogP contribution in [0.5, 0.6) is 0 Å². The Morgan fingerprint density at radius 1 is 1.47 bits per heavy atom. The van der Waals surface area contributed by atoms with Crippen molar-refractivity contribution in [2.75, 3.05) is 6.54 Å². The molecule has 0 saturated heterocycles. The van der Waals surface area contributed by atoms with Crippen molar-refractivity contribution in [1.29, 1.82) is 0 Å². The van der Waals surface area contributed by atoms with Gasteiger partial charge in [-0.15, -0.1) is 11.3 Å². The van der Waals surface area contributed by atoms with E-state index in [9.17, 15) is 26.4 Å². The maximum absolute atomic E-state index is 11.8. The number of aromatic carboxylic acids is 1. The molecule has 0 unspecified atom stereocenters. The van der Waals surface area contributed by atoms with Gasteiger partial charge in [-0.25, -0.2) is 17.9 Å². The summed E-state index contributed by atoms with van der Waals surface area (Å²) in [6.07, 6.45) is -4.67. The molecule has 0 amide bonds. The van der Waals surface area contributed by atoms with E-state index in [-0.39, 0.29) is 4.88 Å². The lowest BCUT2D eigenvalue weighted by Crippen LogP contribution is -2.33. The molecule has 0 radical (unpaired) electrons. The number of sulfonamides is 1. The van der Waals surface area contributed by atoms with Gasteiger partial charge in [0.1, 0.15) is 11.4 Å². The van der Waals surface area contributed by atoms with Crippen LogP contribution in [0.15, 0.2) is 16.3 Å². The Balaban J connectivity index is 2.86. The number of thiophene rings is 1. The van der Waals surface area contributed by atoms with E-state index in [0.717, 1.165) is 11.4 Å². The Kier molecular flexibility index (Phi) is 3.79. The van der Waals surface area contributed by atoms with E-state index >= 15 is 0 Å². The minimum atomic E-state index is -4.67. The van der Waals surface area contributed by atoms with Gasteiger partial charge in [-0.2, -0.15) is 13.2 Å². The van der Waals surface area contributed by atoms with Crippen molar-refractivity contribution in [2.24, 2.45) is 0 Å². The van der Waals surface area contributed by atoms with Crippen molar-refractivity contribution in [2.45, 2.75) is 11.1 Å². The van der Waals surface area contributed by atoms with E-state index < -0.39 is 33.6 Å². The highest BCUT2D eigenvalue weighted by Gasteiger charge is 2.30. The SMILES string of the molecule is O=C(O)c1cc(S(=O)(=O)NCC(F)(F)F)cs1. The molecule has 1 rings (SSSR count).